The number of likely N-dealkylation sites (tertiary alicyclic amines) is 1. The second-order valence-corrected chi connectivity index (χ2v) is 6.58. The van der Waals surface area contributed by atoms with Gasteiger partial charge < -0.3 is 15.2 Å². The van der Waals surface area contributed by atoms with E-state index >= 15 is 0 Å². The van der Waals surface area contributed by atoms with E-state index in [0.29, 0.717) is 24.3 Å². The lowest BCUT2D eigenvalue weighted by Gasteiger charge is -2.33. The Morgan fingerprint density at radius 1 is 1.46 bits per heavy atom. The average molecular weight is 330 g/mol. The molecule has 130 valence electrons. The molecule has 1 unspecified atom stereocenters. The van der Waals surface area contributed by atoms with Crippen LogP contribution in [0.5, 0.6) is 0 Å². The Hall–Kier alpha value is -2.13. The molecule has 2 rings (SSSR count). The van der Waals surface area contributed by atoms with Crippen molar-refractivity contribution in [2.75, 3.05) is 26.7 Å². The lowest BCUT2D eigenvalue weighted by molar-refractivity contribution is -0.132. The molecule has 6 nitrogen and oxygen atoms in total. The van der Waals surface area contributed by atoms with E-state index in [1.54, 1.807) is 6.92 Å². The third kappa shape index (κ3) is 4.04. The van der Waals surface area contributed by atoms with Gasteiger partial charge in [0.2, 0.25) is 5.91 Å². The predicted molar refractivity (Wildman–Crippen MR) is 92.8 cm³/mol. The van der Waals surface area contributed by atoms with Crippen molar-refractivity contribution in [3.05, 3.63) is 32.7 Å². The normalized spacial score (nSPS) is 17.6. The van der Waals surface area contributed by atoms with Gasteiger partial charge in [0.05, 0.1) is 0 Å². The molecule has 1 saturated heterocycles. The van der Waals surface area contributed by atoms with Crippen LogP contribution in [-0.4, -0.2) is 42.5 Å². The number of amides is 1. The van der Waals surface area contributed by atoms with Gasteiger partial charge in [-0.25, -0.2) is 0 Å². The summed E-state index contributed by atoms with van der Waals surface area (Å²) in [6.45, 7) is 6.18. The Balaban J connectivity index is 2.04. The molecule has 2 N–H and O–H groups in total. The molecular formula is C18H26N4O2. The fraction of sp³-hybridized carbons (Fsp3) is 0.611. The van der Waals surface area contributed by atoms with Gasteiger partial charge in [-0.15, -0.1) is 0 Å². The average Bonchev–Trinajstić information content (AvgIpc) is 2.55. The highest BCUT2D eigenvalue weighted by molar-refractivity contribution is 5.76. The molecular weight excluding hydrogens is 304 g/mol. The van der Waals surface area contributed by atoms with E-state index in [9.17, 15) is 9.59 Å². The highest BCUT2D eigenvalue weighted by atomic mass is 16.2. The number of nitrogens with one attached hydrogen (secondary N) is 2. The monoisotopic (exact) mass is 330 g/mol. The van der Waals surface area contributed by atoms with Crippen molar-refractivity contribution in [1.29, 1.82) is 5.26 Å². The van der Waals surface area contributed by atoms with Crippen LogP contribution >= 0.6 is 0 Å². The maximum Gasteiger partial charge on any atom is 0.266 e. The van der Waals surface area contributed by atoms with Gasteiger partial charge in [-0.1, -0.05) is 0 Å². The quantitative estimate of drug-likeness (QED) is 0.850. The number of carbonyl (C=O) groups excluding carboxylic acids is 1. The van der Waals surface area contributed by atoms with Crippen molar-refractivity contribution >= 4 is 5.91 Å². The Morgan fingerprint density at radius 2 is 2.21 bits per heavy atom. The standard InChI is InChI=1S/C18H26N4O2/c1-12-15(13(2)21-18(24)16(12)9-19)6-7-17(23)22-8-4-5-14(11-22)10-20-3/h14,20H,4-8,10-11H2,1-3H3,(H,21,24). The lowest BCUT2D eigenvalue weighted by Crippen LogP contribution is -2.42. The molecule has 6 heteroatoms. The summed E-state index contributed by atoms with van der Waals surface area (Å²) in [6, 6.07) is 1.96. The second kappa shape index (κ2) is 8.11. The molecule has 0 spiro atoms. The Labute approximate surface area is 142 Å². The maximum atomic E-state index is 12.5. The summed E-state index contributed by atoms with van der Waals surface area (Å²) < 4.78 is 0. The SMILES string of the molecule is CNCC1CCCN(C(=O)CCc2c(C)[nH]c(=O)c(C#N)c2C)C1. The van der Waals surface area contributed by atoms with Gasteiger partial charge >= 0.3 is 0 Å². The molecule has 1 fully saturated rings. The van der Waals surface area contributed by atoms with Crippen molar-refractivity contribution in [1.82, 2.24) is 15.2 Å². The largest absolute Gasteiger partial charge is 0.342 e. The first-order valence-electron chi connectivity index (χ1n) is 8.52. The summed E-state index contributed by atoms with van der Waals surface area (Å²) in [5, 5.41) is 12.3. The molecule has 1 aromatic rings. The summed E-state index contributed by atoms with van der Waals surface area (Å²) in [4.78, 5) is 29.0. The zero-order chi connectivity index (χ0) is 17.7. The van der Waals surface area contributed by atoms with Gasteiger partial charge in [-0.2, -0.15) is 5.26 Å². The lowest BCUT2D eigenvalue weighted by atomic mass is 9.96. The van der Waals surface area contributed by atoms with Crippen LogP contribution in [0.15, 0.2) is 4.79 Å². The predicted octanol–water partition coefficient (Wildman–Crippen LogP) is 1.25. The first-order valence-corrected chi connectivity index (χ1v) is 8.52. The van der Waals surface area contributed by atoms with Crippen LogP contribution in [0, 0.1) is 31.1 Å². The smallest absolute Gasteiger partial charge is 0.266 e. The molecule has 1 aromatic heterocycles. The van der Waals surface area contributed by atoms with Crippen LogP contribution in [0.2, 0.25) is 0 Å². The third-order valence-electron chi connectivity index (χ3n) is 4.87. The van der Waals surface area contributed by atoms with Gasteiger partial charge in [0.25, 0.3) is 5.56 Å². The number of hydrogen-bond acceptors (Lipinski definition) is 4. The molecule has 24 heavy (non-hydrogen) atoms. The minimum atomic E-state index is -0.353. The second-order valence-electron chi connectivity index (χ2n) is 6.58. The molecule has 1 atom stereocenters. The molecule has 2 heterocycles. The van der Waals surface area contributed by atoms with Crippen LogP contribution in [0.1, 0.15) is 41.6 Å². The van der Waals surface area contributed by atoms with Gasteiger partial charge in [-0.05, 0) is 63.7 Å². The number of aromatic nitrogens is 1. The van der Waals surface area contributed by atoms with E-state index in [2.05, 4.69) is 10.3 Å². The zero-order valence-electron chi connectivity index (χ0n) is 14.7. The van der Waals surface area contributed by atoms with Crippen molar-refractivity contribution in [3.63, 3.8) is 0 Å². The molecule has 1 aliphatic rings. The van der Waals surface area contributed by atoms with Gasteiger partial charge in [0.1, 0.15) is 11.6 Å². The van der Waals surface area contributed by atoms with Crippen LogP contribution < -0.4 is 10.9 Å². The van der Waals surface area contributed by atoms with Gasteiger partial charge in [-0.3, -0.25) is 9.59 Å². The summed E-state index contributed by atoms with van der Waals surface area (Å²) in [5.74, 6) is 0.675. The number of hydrogen-bond donors (Lipinski definition) is 2. The summed E-state index contributed by atoms with van der Waals surface area (Å²) >= 11 is 0. The Kier molecular flexibility index (Phi) is 6.16. The highest BCUT2D eigenvalue weighted by Gasteiger charge is 2.23. The Bertz CT molecular complexity index is 700. The summed E-state index contributed by atoms with van der Waals surface area (Å²) in [7, 11) is 1.94. The van der Waals surface area contributed by atoms with E-state index in [0.717, 1.165) is 43.7 Å². The van der Waals surface area contributed by atoms with Gasteiger partial charge in [0.15, 0.2) is 0 Å². The van der Waals surface area contributed by atoms with E-state index in [-0.39, 0.29) is 17.0 Å². The number of nitriles is 1. The molecule has 0 radical (unpaired) electrons. The van der Waals surface area contributed by atoms with Crippen LogP contribution in [0.25, 0.3) is 0 Å². The number of rotatable bonds is 5. The first-order chi connectivity index (χ1) is 11.5. The van der Waals surface area contributed by atoms with Crippen molar-refractivity contribution in [2.24, 2.45) is 5.92 Å². The van der Waals surface area contributed by atoms with E-state index < -0.39 is 0 Å². The molecule has 1 aliphatic heterocycles. The maximum absolute atomic E-state index is 12.5. The number of nitrogens with zero attached hydrogens (tertiary/aromatic N) is 2. The van der Waals surface area contributed by atoms with E-state index in [4.69, 9.17) is 5.26 Å². The molecule has 1 amide bonds. The third-order valence-corrected chi connectivity index (χ3v) is 4.87. The molecule has 0 saturated carbocycles. The summed E-state index contributed by atoms with van der Waals surface area (Å²) in [6.07, 6.45) is 3.17. The van der Waals surface area contributed by atoms with Crippen LogP contribution in [0.4, 0.5) is 0 Å². The number of carbonyl (C=O) groups is 1. The van der Waals surface area contributed by atoms with Crippen molar-refractivity contribution < 1.29 is 4.79 Å². The Morgan fingerprint density at radius 3 is 2.88 bits per heavy atom. The minimum absolute atomic E-state index is 0.148. The minimum Gasteiger partial charge on any atom is -0.342 e. The van der Waals surface area contributed by atoms with Crippen LogP contribution in [-0.2, 0) is 11.2 Å². The zero-order valence-corrected chi connectivity index (χ0v) is 14.7. The molecule has 0 aromatic carbocycles. The highest BCUT2D eigenvalue weighted by Crippen LogP contribution is 2.19. The number of aromatic amines is 1. The number of piperidine rings is 1. The van der Waals surface area contributed by atoms with E-state index in [1.165, 1.54) is 0 Å². The topological polar surface area (TPSA) is 89.0 Å². The fourth-order valence-electron chi connectivity index (χ4n) is 3.56. The van der Waals surface area contributed by atoms with E-state index in [1.807, 2.05) is 24.9 Å². The van der Waals surface area contributed by atoms with Gasteiger partial charge in [0, 0.05) is 25.2 Å². The van der Waals surface area contributed by atoms with Crippen molar-refractivity contribution in [2.45, 2.75) is 39.5 Å². The number of pyridine rings is 1. The summed E-state index contributed by atoms with van der Waals surface area (Å²) in [5.41, 5.74) is 2.14. The van der Waals surface area contributed by atoms with Crippen LogP contribution in [0.3, 0.4) is 0 Å². The number of H-pyrrole nitrogens is 1. The van der Waals surface area contributed by atoms with Crippen molar-refractivity contribution in [3.8, 4) is 6.07 Å². The molecule has 0 bridgehead atoms. The molecule has 0 aliphatic carbocycles. The fourth-order valence-corrected chi connectivity index (χ4v) is 3.56. The number of aryl methyl sites for hydroxylation is 1. The first kappa shape index (κ1) is 18.2.